The Morgan fingerprint density at radius 3 is 2.42 bits per heavy atom. The van der Waals surface area contributed by atoms with Crippen LogP contribution < -0.4 is 0 Å². The van der Waals surface area contributed by atoms with Crippen molar-refractivity contribution in [3.8, 4) is 0 Å². The average molecular weight is 489 g/mol. The number of hydrogen-bond acceptors (Lipinski definition) is 6. The summed E-state index contributed by atoms with van der Waals surface area (Å²) in [6, 6.07) is 14.6. The van der Waals surface area contributed by atoms with E-state index in [4.69, 9.17) is 4.98 Å². The SMILES string of the molecule is O=C(CSc1nc(C(F)(F)F)nc2ccccc12)N1CCC(c2nc3ccccc3s2)CC1. The zero-order valence-electron chi connectivity index (χ0n) is 17.4. The summed E-state index contributed by atoms with van der Waals surface area (Å²) in [5, 5.41) is 1.79. The first-order valence-electron chi connectivity index (χ1n) is 10.5. The van der Waals surface area contributed by atoms with Gasteiger partial charge in [0.25, 0.3) is 0 Å². The molecule has 0 saturated carbocycles. The molecule has 3 heterocycles. The molecule has 0 unspecified atom stereocenters. The van der Waals surface area contributed by atoms with Crippen molar-refractivity contribution in [2.75, 3.05) is 18.8 Å². The van der Waals surface area contributed by atoms with E-state index in [1.807, 2.05) is 18.2 Å². The molecule has 4 aromatic rings. The number of carbonyl (C=O) groups excluding carboxylic acids is 1. The summed E-state index contributed by atoms with van der Waals surface area (Å²) in [5.74, 6) is -0.935. The number of benzene rings is 2. The molecule has 5 nitrogen and oxygen atoms in total. The number of alkyl halides is 3. The fraction of sp³-hybridized carbons (Fsp3) is 0.304. The van der Waals surface area contributed by atoms with Crippen molar-refractivity contribution < 1.29 is 18.0 Å². The number of likely N-dealkylation sites (tertiary alicyclic amines) is 1. The van der Waals surface area contributed by atoms with Crippen LogP contribution in [-0.2, 0) is 11.0 Å². The number of nitrogens with zero attached hydrogens (tertiary/aromatic N) is 4. The van der Waals surface area contributed by atoms with E-state index < -0.39 is 12.0 Å². The Hall–Kier alpha value is -2.72. The maximum absolute atomic E-state index is 13.2. The molecule has 1 fully saturated rings. The van der Waals surface area contributed by atoms with Crippen LogP contribution in [0.4, 0.5) is 13.2 Å². The number of aromatic nitrogens is 3. The van der Waals surface area contributed by atoms with E-state index in [2.05, 4.69) is 16.0 Å². The molecule has 2 aromatic carbocycles. The Labute approximate surface area is 196 Å². The normalized spacial score (nSPS) is 15.4. The third-order valence-corrected chi connectivity index (χ3v) is 7.84. The zero-order valence-corrected chi connectivity index (χ0v) is 19.0. The fourth-order valence-electron chi connectivity index (χ4n) is 3.95. The van der Waals surface area contributed by atoms with Crippen LogP contribution in [0.3, 0.4) is 0 Å². The first-order chi connectivity index (χ1) is 15.9. The van der Waals surface area contributed by atoms with Gasteiger partial charge in [-0.3, -0.25) is 4.79 Å². The van der Waals surface area contributed by atoms with Gasteiger partial charge in [-0.05, 0) is 31.0 Å². The van der Waals surface area contributed by atoms with Crippen LogP contribution >= 0.6 is 23.1 Å². The highest BCUT2D eigenvalue weighted by Gasteiger charge is 2.35. The van der Waals surface area contributed by atoms with Crippen molar-refractivity contribution in [2.45, 2.75) is 30.0 Å². The van der Waals surface area contributed by atoms with E-state index in [1.54, 1.807) is 34.4 Å². The summed E-state index contributed by atoms with van der Waals surface area (Å²) in [4.78, 5) is 26.7. The van der Waals surface area contributed by atoms with E-state index in [0.29, 0.717) is 24.4 Å². The largest absolute Gasteiger partial charge is 0.451 e. The molecular formula is C23H19F3N4OS2. The lowest BCUT2D eigenvalue weighted by atomic mass is 9.97. The van der Waals surface area contributed by atoms with Gasteiger partial charge in [-0.1, -0.05) is 42.1 Å². The Morgan fingerprint density at radius 1 is 1.00 bits per heavy atom. The van der Waals surface area contributed by atoms with Gasteiger partial charge in [-0.2, -0.15) is 13.2 Å². The van der Waals surface area contributed by atoms with Crippen molar-refractivity contribution in [2.24, 2.45) is 0 Å². The predicted molar refractivity (Wildman–Crippen MR) is 123 cm³/mol. The molecule has 1 aliphatic heterocycles. The zero-order chi connectivity index (χ0) is 23.0. The van der Waals surface area contributed by atoms with Gasteiger partial charge in [-0.25, -0.2) is 15.0 Å². The molecule has 33 heavy (non-hydrogen) atoms. The van der Waals surface area contributed by atoms with E-state index in [0.717, 1.165) is 39.8 Å². The quantitative estimate of drug-likeness (QED) is 0.270. The monoisotopic (exact) mass is 488 g/mol. The molecule has 0 radical (unpaired) electrons. The molecule has 170 valence electrons. The van der Waals surface area contributed by atoms with Crippen molar-refractivity contribution in [3.05, 3.63) is 59.4 Å². The smallest absolute Gasteiger partial charge is 0.342 e. The van der Waals surface area contributed by atoms with Crippen LogP contribution in [0.2, 0.25) is 0 Å². The first-order valence-corrected chi connectivity index (χ1v) is 12.3. The molecule has 2 aromatic heterocycles. The average Bonchev–Trinajstić information content (AvgIpc) is 3.26. The standard InChI is InChI=1S/C23H19F3N4OS2/c24-23(25,26)22-28-16-6-2-1-5-15(16)21(29-22)32-13-19(31)30-11-9-14(10-12-30)20-27-17-7-3-4-8-18(17)33-20/h1-8,14H,9-13H2. The Morgan fingerprint density at radius 2 is 1.70 bits per heavy atom. The molecule has 5 rings (SSSR count). The highest BCUT2D eigenvalue weighted by atomic mass is 32.2. The second kappa shape index (κ2) is 8.90. The molecule has 1 amide bonds. The number of para-hydroxylation sites is 2. The Balaban J connectivity index is 1.24. The lowest BCUT2D eigenvalue weighted by Crippen LogP contribution is -2.38. The number of thiazole rings is 1. The molecule has 10 heteroatoms. The number of piperidine rings is 1. The van der Waals surface area contributed by atoms with E-state index in [-0.39, 0.29) is 22.2 Å². The minimum Gasteiger partial charge on any atom is -0.342 e. The molecule has 0 N–H and O–H groups in total. The minimum absolute atomic E-state index is 0.0319. The number of hydrogen-bond donors (Lipinski definition) is 0. The fourth-order valence-corrected chi connectivity index (χ4v) is 6.00. The highest BCUT2D eigenvalue weighted by molar-refractivity contribution is 8.00. The first kappa shape index (κ1) is 22.1. The summed E-state index contributed by atoms with van der Waals surface area (Å²) in [7, 11) is 0. The highest BCUT2D eigenvalue weighted by Crippen LogP contribution is 2.35. The van der Waals surface area contributed by atoms with Crippen LogP contribution in [0, 0.1) is 0 Å². The van der Waals surface area contributed by atoms with Gasteiger partial charge >= 0.3 is 6.18 Å². The Kier molecular flexibility index (Phi) is 5.96. The van der Waals surface area contributed by atoms with Gasteiger partial charge in [0.1, 0.15) is 5.03 Å². The summed E-state index contributed by atoms with van der Waals surface area (Å²) in [5.41, 5.74) is 1.22. The van der Waals surface area contributed by atoms with Gasteiger partial charge in [0.2, 0.25) is 11.7 Å². The molecule has 1 aliphatic rings. The van der Waals surface area contributed by atoms with Gasteiger partial charge in [0.05, 0.1) is 26.5 Å². The second-order valence-electron chi connectivity index (χ2n) is 7.83. The number of amides is 1. The number of carbonyl (C=O) groups is 1. The topological polar surface area (TPSA) is 59.0 Å². The summed E-state index contributed by atoms with van der Waals surface area (Å²) < 4.78 is 40.8. The maximum atomic E-state index is 13.2. The molecule has 0 bridgehead atoms. The molecule has 0 atom stereocenters. The molecular weight excluding hydrogens is 469 g/mol. The van der Waals surface area contributed by atoms with Gasteiger partial charge in [0.15, 0.2) is 0 Å². The molecule has 0 aliphatic carbocycles. The van der Waals surface area contributed by atoms with Crippen LogP contribution in [0.1, 0.15) is 29.6 Å². The third-order valence-electron chi connectivity index (χ3n) is 5.66. The van der Waals surface area contributed by atoms with Crippen LogP contribution in [0.15, 0.2) is 53.6 Å². The summed E-state index contributed by atoms with van der Waals surface area (Å²) >= 11 is 2.73. The van der Waals surface area contributed by atoms with Crippen molar-refractivity contribution in [1.82, 2.24) is 19.9 Å². The van der Waals surface area contributed by atoms with Crippen LogP contribution in [0.5, 0.6) is 0 Å². The lowest BCUT2D eigenvalue weighted by molar-refractivity contribution is -0.145. The number of fused-ring (bicyclic) bond motifs is 2. The second-order valence-corrected chi connectivity index (χ2v) is 9.86. The predicted octanol–water partition coefficient (Wildman–Crippen LogP) is 5.76. The molecule has 0 spiro atoms. The number of rotatable bonds is 4. The Bertz CT molecular complexity index is 1280. The van der Waals surface area contributed by atoms with E-state index in [9.17, 15) is 18.0 Å². The van der Waals surface area contributed by atoms with Gasteiger partial charge < -0.3 is 4.90 Å². The maximum Gasteiger partial charge on any atom is 0.451 e. The summed E-state index contributed by atoms with van der Waals surface area (Å²) in [6.07, 6.45) is -3.00. The lowest BCUT2D eigenvalue weighted by Gasteiger charge is -2.31. The summed E-state index contributed by atoms with van der Waals surface area (Å²) in [6.45, 7) is 1.22. The molecule has 1 saturated heterocycles. The third kappa shape index (κ3) is 4.67. The minimum atomic E-state index is -4.65. The van der Waals surface area contributed by atoms with Crippen molar-refractivity contribution >= 4 is 50.1 Å². The van der Waals surface area contributed by atoms with Crippen molar-refractivity contribution in [3.63, 3.8) is 0 Å². The number of thioether (sulfide) groups is 1. The van der Waals surface area contributed by atoms with Crippen LogP contribution in [-0.4, -0.2) is 44.6 Å². The van der Waals surface area contributed by atoms with E-state index in [1.165, 1.54) is 6.07 Å². The van der Waals surface area contributed by atoms with Crippen LogP contribution in [0.25, 0.3) is 21.1 Å². The van der Waals surface area contributed by atoms with Gasteiger partial charge in [-0.15, -0.1) is 11.3 Å². The van der Waals surface area contributed by atoms with E-state index >= 15 is 0 Å². The van der Waals surface area contributed by atoms with Crippen molar-refractivity contribution in [1.29, 1.82) is 0 Å². The number of halogens is 3. The van der Waals surface area contributed by atoms with Gasteiger partial charge in [0, 0.05) is 24.4 Å².